The molecule has 0 saturated carbocycles. The molecular weight excluding hydrogens is 308 g/mol. The first-order chi connectivity index (χ1) is 7.90. The molecular formula is C11H7BrO4S. The maximum Gasteiger partial charge on any atom is 0.347 e. The van der Waals surface area contributed by atoms with Crippen LogP contribution in [0.5, 0.6) is 0 Å². The second-order valence-electron chi connectivity index (χ2n) is 3.44. The fourth-order valence-electron chi connectivity index (χ4n) is 1.47. The molecule has 0 amide bonds. The Morgan fingerprint density at radius 2 is 1.76 bits per heavy atom. The van der Waals surface area contributed by atoms with E-state index >= 15 is 0 Å². The Morgan fingerprint density at radius 3 is 2.24 bits per heavy atom. The lowest BCUT2D eigenvalue weighted by Gasteiger charge is -1.98. The monoisotopic (exact) mass is 314 g/mol. The summed E-state index contributed by atoms with van der Waals surface area (Å²) in [5.41, 5.74) is 1.04. The molecule has 4 nitrogen and oxygen atoms in total. The van der Waals surface area contributed by atoms with E-state index in [2.05, 4.69) is 15.9 Å². The summed E-state index contributed by atoms with van der Waals surface area (Å²) in [7, 11) is -3.81. The fraction of sp³-hybridized carbons (Fsp3) is 0. The highest BCUT2D eigenvalue weighted by Gasteiger charge is 2.28. The number of allylic oxidation sites excluding steroid dienone is 2. The number of carboxylic acid groups (broad SMARTS) is 1. The number of carbonyl (C=O) groups is 1. The number of sulfone groups is 1. The molecule has 6 heteroatoms. The van der Waals surface area contributed by atoms with Crippen LogP contribution in [0, 0.1) is 0 Å². The van der Waals surface area contributed by atoms with Crippen LogP contribution in [0.25, 0.3) is 5.57 Å². The zero-order chi connectivity index (χ0) is 12.6. The number of hydrogen-bond donors (Lipinski definition) is 1. The van der Waals surface area contributed by atoms with E-state index in [0.29, 0.717) is 11.1 Å². The SMILES string of the molecule is O=C(O)C1=CC(c2ccc(Br)cc2)=CS1(=O)=O. The van der Waals surface area contributed by atoms with Crippen LogP contribution in [0.4, 0.5) is 0 Å². The van der Waals surface area contributed by atoms with Crippen LogP contribution >= 0.6 is 15.9 Å². The number of aliphatic carboxylic acids is 1. The van der Waals surface area contributed by atoms with Gasteiger partial charge in [0.1, 0.15) is 0 Å². The molecule has 88 valence electrons. The van der Waals surface area contributed by atoms with Gasteiger partial charge in [0.25, 0.3) is 0 Å². The molecule has 0 atom stereocenters. The highest BCUT2D eigenvalue weighted by Crippen LogP contribution is 2.29. The van der Waals surface area contributed by atoms with Crippen molar-refractivity contribution in [1.82, 2.24) is 0 Å². The molecule has 1 N–H and O–H groups in total. The zero-order valence-corrected chi connectivity index (χ0v) is 10.8. The minimum atomic E-state index is -3.81. The van der Waals surface area contributed by atoms with E-state index in [9.17, 15) is 13.2 Å². The Balaban J connectivity index is 2.50. The minimum absolute atomic E-state index is 0.384. The van der Waals surface area contributed by atoms with Crippen LogP contribution in [0.3, 0.4) is 0 Å². The van der Waals surface area contributed by atoms with Crippen molar-refractivity contribution in [2.24, 2.45) is 0 Å². The van der Waals surface area contributed by atoms with Crippen molar-refractivity contribution in [1.29, 1.82) is 0 Å². The van der Waals surface area contributed by atoms with E-state index in [-0.39, 0.29) is 0 Å². The third-order valence-electron chi connectivity index (χ3n) is 2.26. The summed E-state index contributed by atoms with van der Waals surface area (Å²) < 4.78 is 23.9. The van der Waals surface area contributed by atoms with Crippen molar-refractivity contribution in [3.05, 3.63) is 50.7 Å². The maximum absolute atomic E-state index is 11.5. The van der Waals surface area contributed by atoms with Crippen molar-refractivity contribution in [3.63, 3.8) is 0 Å². The van der Waals surface area contributed by atoms with Gasteiger partial charge in [-0.3, -0.25) is 0 Å². The summed E-state index contributed by atoms with van der Waals surface area (Å²) in [5.74, 6) is -1.44. The second-order valence-corrected chi connectivity index (χ2v) is 6.12. The van der Waals surface area contributed by atoms with Crippen LogP contribution < -0.4 is 0 Å². The van der Waals surface area contributed by atoms with Crippen LogP contribution in [0.2, 0.25) is 0 Å². The van der Waals surface area contributed by atoms with Gasteiger partial charge in [0.05, 0.1) is 0 Å². The molecule has 0 unspecified atom stereocenters. The Hall–Kier alpha value is -1.40. The first-order valence-electron chi connectivity index (χ1n) is 4.58. The first kappa shape index (κ1) is 12.1. The van der Waals surface area contributed by atoms with Gasteiger partial charge in [-0.1, -0.05) is 28.1 Å². The predicted molar refractivity (Wildman–Crippen MR) is 66.8 cm³/mol. The third-order valence-corrected chi connectivity index (χ3v) is 4.26. The molecule has 0 bridgehead atoms. The van der Waals surface area contributed by atoms with E-state index in [0.717, 1.165) is 9.88 Å². The molecule has 1 aromatic rings. The Bertz CT molecular complexity index is 639. The number of benzene rings is 1. The molecule has 1 aromatic carbocycles. The molecule has 1 aliphatic heterocycles. The predicted octanol–water partition coefficient (Wildman–Crippen LogP) is 2.19. The summed E-state index contributed by atoms with van der Waals surface area (Å²) in [6.07, 6.45) is 1.17. The summed E-state index contributed by atoms with van der Waals surface area (Å²) in [6, 6.07) is 6.95. The molecule has 0 radical (unpaired) electrons. The van der Waals surface area contributed by atoms with Gasteiger partial charge < -0.3 is 5.11 Å². The molecule has 0 fully saturated rings. The van der Waals surface area contributed by atoms with Gasteiger partial charge in [0.2, 0.25) is 9.84 Å². The van der Waals surface area contributed by atoms with Crippen molar-refractivity contribution in [2.45, 2.75) is 0 Å². The van der Waals surface area contributed by atoms with E-state index in [1.54, 1.807) is 24.3 Å². The van der Waals surface area contributed by atoms with Gasteiger partial charge >= 0.3 is 5.97 Å². The van der Waals surface area contributed by atoms with E-state index in [4.69, 9.17) is 5.11 Å². The topological polar surface area (TPSA) is 71.4 Å². The standard InChI is InChI=1S/C11H7BrO4S/c12-9-3-1-7(2-4-9)8-5-10(11(13)14)17(15,16)6-8/h1-6H,(H,13,14). The quantitative estimate of drug-likeness (QED) is 0.908. The normalized spacial score (nSPS) is 17.5. The van der Waals surface area contributed by atoms with E-state index < -0.39 is 20.7 Å². The second kappa shape index (κ2) is 4.12. The average Bonchev–Trinajstić information content (AvgIpc) is 2.55. The molecule has 1 aliphatic rings. The summed E-state index contributed by atoms with van der Waals surface area (Å²) in [5, 5.41) is 9.74. The van der Waals surface area contributed by atoms with Crippen molar-refractivity contribution in [3.8, 4) is 0 Å². The number of carboxylic acids is 1. The Morgan fingerprint density at radius 1 is 1.18 bits per heavy atom. The van der Waals surface area contributed by atoms with E-state index in [1.165, 1.54) is 6.08 Å². The van der Waals surface area contributed by atoms with Crippen molar-refractivity contribution < 1.29 is 18.3 Å². The van der Waals surface area contributed by atoms with Gasteiger partial charge in [-0.2, -0.15) is 0 Å². The number of hydrogen-bond acceptors (Lipinski definition) is 3. The van der Waals surface area contributed by atoms with Crippen LogP contribution in [0.1, 0.15) is 5.56 Å². The third kappa shape index (κ3) is 2.32. The Kier molecular flexibility index (Phi) is 2.92. The first-order valence-corrected chi connectivity index (χ1v) is 6.92. The molecule has 0 aliphatic carbocycles. The van der Waals surface area contributed by atoms with Crippen LogP contribution in [-0.2, 0) is 14.6 Å². The molecule has 0 saturated heterocycles. The van der Waals surface area contributed by atoms with Gasteiger partial charge in [-0.05, 0) is 29.3 Å². The lowest BCUT2D eigenvalue weighted by atomic mass is 10.1. The van der Waals surface area contributed by atoms with Gasteiger partial charge in [0, 0.05) is 9.88 Å². The average molecular weight is 315 g/mol. The molecule has 2 rings (SSSR count). The van der Waals surface area contributed by atoms with Gasteiger partial charge in [-0.25, -0.2) is 13.2 Å². The molecule has 0 spiro atoms. The van der Waals surface area contributed by atoms with E-state index in [1.807, 2.05) is 0 Å². The fourth-order valence-corrected chi connectivity index (χ4v) is 2.93. The lowest BCUT2D eigenvalue weighted by Crippen LogP contribution is -2.07. The highest BCUT2D eigenvalue weighted by molar-refractivity contribution is 9.10. The Labute approximate surface area is 106 Å². The molecule has 1 heterocycles. The zero-order valence-electron chi connectivity index (χ0n) is 8.42. The number of halogens is 1. The maximum atomic E-state index is 11.5. The smallest absolute Gasteiger partial charge is 0.347 e. The van der Waals surface area contributed by atoms with Gasteiger partial charge in [-0.15, -0.1) is 0 Å². The van der Waals surface area contributed by atoms with Crippen LogP contribution in [-0.4, -0.2) is 19.5 Å². The summed E-state index contributed by atoms with van der Waals surface area (Å²) in [4.78, 5) is 10.2. The lowest BCUT2D eigenvalue weighted by molar-refractivity contribution is -0.131. The molecule has 0 aromatic heterocycles. The largest absolute Gasteiger partial charge is 0.477 e. The van der Waals surface area contributed by atoms with Gasteiger partial charge in [0.15, 0.2) is 4.91 Å². The van der Waals surface area contributed by atoms with Crippen molar-refractivity contribution in [2.75, 3.05) is 0 Å². The van der Waals surface area contributed by atoms with Crippen molar-refractivity contribution >= 4 is 37.3 Å². The minimum Gasteiger partial charge on any atom is -0.477 e. The highest BCUT2D eigenvalue weighted by atomic mass is 79.9. The summed E-state index contributed by atoms with van der Waals surface area (Å²) in [6.45, 7) is 0. The summed E-state index contributed by atoms with van der Waals surface area (Å²) >= 11 is 3.26. The van der Waals surface area contributed by atoms with Crippen LogP contribution in [0.15, 0.2) is 45.1 Å². The molecule has 17 heavy (non-hydrogen) atoms. The number of rotatable bonds is 2.